The minimum absolute atomic E-state index is 0.0617. The highest BCUT2D eigenvalue weighted by atomic mass is 35.5. The molecule has 5 nitrogen and oxygen atoms in total. The van der Waals surface area contributed by atoms with Crippen LogP contribution in [0.5, 0.6) is 5.75 Å². The average molecular weight is 333 g/mol. The summed E-state index contributed by atoms with van der Waals surface area (Å²) in [6, 6.07) is 5.06. The van der Waals surface area contributed by atoms with E-state index in [4.69, 9.17) is 21.7 Å². The van der Waals surface area contributed by atoms with E-state index in [1.807, 2.05) is 0 Å². The van der Waals surface area contributed by atoms with Gasteiger partial charge in [-0.2, -0.15) is 0 Å². The van der Waals surface area contributed by atoms with Gasteiger partial charge in [0, 0.05) is 10.9 Å². The van der Waals surface area contributed by atoms with Gasteiger partial charge in [0.05, 0.1) is 29.7 Å². The van der Waals surface area contributed by atoms with Crippen molar-refractivity contribution >= 4 is 44.1 Å². The Morgan fingerprint density at radius 1 is 1.45 bits per heavy atom. The van der Waals surface area contributed by atoms with Crippen molar-refractivity contribution in [2.24, 2.45) is 0 Å². The summed E-state index contributed by atoms with van der Waals surface area (Å²) in [5, 5.41) is 8.82. The monoisotopic (exact) mass is 332 g/mol. The van der Waals surface area contributed by atoms with Gasteiger partial charge in [0.1, 0.15) is 5.75 Å². The number of ether oxygens (including phenoxy) is 1. The smallest absolute Gasteiger partial charge is 0.161 e. The number of hydrogen-bond acceptors (Lipinski definition) is 5. The van der Waals surface area contributed by atoms with E-state index in [2.05, 4.69) is 0 Å². The van der Waals surface area contributed by atoms with Gasteiger partial charge in [0.2, 0.25) is 0 Å². The fourth-order valence-corrected chi connectivity index (χ4v) is 6.66. The van der Waals surface area contributed by atoms with Crippen LogP contribution in [0.2, 0.25) is 5.02 Å². The van der Waals surface area contributed by atoms with Crippen molar-refractivity contribution in [2.45, 2.75) is 11.3 Å². The minimum Gasteiger partial charge on any atom is -0.495 e. The fourth-order valence-electron chi connectivity index (χ4n) is 2.61. The lowest BCUT2D eigenvalue weighted by atomic mass is 10.2. The van der Waals surface area contributed by atoms with Crippen LogP contribution in [0.3, 0.4) is 0 Å². The zero-order valence-corrected chi connectivity index (χ0v) is 13.1. The number of anilines is 1. The first kappa shape index (κ1) is 14.0. The number of nitrogens with one attached hydrogen (secondary N) is 1. The molecule has 1 aromatic rings. The Kier molecular flexibility index (Phi) is 3.38. The van der Waals surface area contributed by atoms with Gasteiger partial charge >= 0.3 is 0 Å². The number of amidine groups is 1. The highest BCUT2D eigenvalue weighted by molar-refractivity contribution is 8.15. The molecule has 8 heteroatoms. The number of fused-ring (bicyclic) bond motifs is 1. The highest BCUT2D eigenvalue weighted by Gasteiger charge is 2.48. The van der Waals surface area contributed by atoms with E-state index in [-0.39, 0.29) is 22.8 Å². The van der Waals surface area contributed by atoms with Gasteiger partial charge in [0.25, 0.3) is 0 Å². The van der Waals surface area contributed by atoms with E-state index >= 15 is 0 Å². The molecule has 2 saturated heterocycles. The van der Waals surface area contributed by atoms with Crippen molar-refractivity contribution in [3.8, 4) is 5.75 Å². The number of nitrogens with zero attached hydrogens (tertiary/aromatic N) is 1. The molecule has 0 aromatic heterocycles. The zero-order chi connectivity index (χ0) is 14.5. The first-order valence-corrected chi connectivity index (χ1v) is 9.07. The van der Waals surface area contributed by atoms with Gasteiger partial charge in [-0.1, -0.05) is 23.4 Å². The van der Waals surface area contributed by atoms with Crippen LogP contribution in [0.15, 0.2) is 18.2 Å². The average Bonchev–Trinajstić information content (AvgIpc) is 2.79. The molecule has 0 bridgehead atoms. The van der Waals surface area contributed by atoms with Crippen LogP contribution in [0.4, 0.5) is 5.69 Å². The first-order chi connectivity index (χ1) is 9.41. The second-order valence-corrected chi connectivity index (χ2v) is 8.58. The normalized spacial score (nSPS) is 27.7. The largest absolute Gasteiger partial charge is 0.495 e. The molecule has 2 heterocycles. The van der Waals surface area contributed by atoms with Crippen LogP contribution in [0.25, 0.3) is 0 Å². The molecule has 3 rings (SSSR count). The maximum absolute atomic E-state index is 11.7. The lowest BCUT2D eigenvalue weighted by Gasteiger charge is -2.24. The molecule has 0 saturated carbocycles. The molecular formula is C12H13ClN2O3S2. The minimum atomic E-state index is -3.01. The molecule has 0 radical (unpaired) electrons. The van der Waals surface area contributed by atoms with Gasteiger partial charge in [-0.25, -0.2) is 8.42 Å². The third kappa shape index (κ3) is 2.27. The second-order valence-electron chi connectivity index (χ2n) is 4.79. The van der Waals surface area contributed by atoms with E-state index in [1.165, 1.54) is 18.9 Å². The Bertz CT molecular complexity index is 677. The van der Waals surface area contributed by atoms with E-state index in [0.717, 1.165) is 5.69 Å². The Morgan fingerprint density at radius 3 is 2.85 bits per heavy atom. The molecule has 0 aliphatic carbocycles. The summed E-state index contributed by atoms with van der Waals surface area (Å²) in [7, 11) is -1.47. The Morgan fingerprint density at radius 2 is 2.20 bits per heavy atom. The lowest BCUT2D eigenvalue weighted by Crippen LogP contribution is -2.37. The number of thioether (sulfide) groups is 1. The van der Waals surface area contributed by atoms with Gasteiger partial charge in [-0.3, -0.25) is 5.41 Å². The predicted molar refractivity (Wildman–Crippen MR) is 82.0 cm³/mol. The summed E-state index contributed by atoms with van der Waals surface area (Å²) in [5.74, 6) is 0.798. The van der Waals surface area contributed by atoms with E-state index in [1.54, 1.807) is 23.1 Å². The van der Waals surface area contributed by atoms with Crippen LogP contribution in [-0.4, -0.2) is 43.5 Å². The van der Waals surface area contributed by atoms with Crippen LogP contribution < -0.4 is 9.64 Å². The molecule has 0 amide bonds. The number of rotatable bonds is 2. The highest BCUT2D eigenvalue weighted by Crippen LogP contribution is 2.41. The Labute approximate surface area is 126 Å². The van der Waals surface area contributed by atoms with Crippen molar-refractivity contribution in [1.29, 1.82) is 5.41 Å². The molecule has 0 unspecified atom stereocenters. The van der Waals surface area contributed by atoms with Crippen molar-refractivity contribution < 1.29 is 13.2 Å². The quantitative estimate of drug-likeness (QED) is 0.897. The number of sulfone groups is 1. The summed E-state index contributed by atoms with van der Waals surface area (Å²) >= 11 is 7.42. The SMILES string of the molecule is COc1ccc(N2C(=N)S[C@H]3CS(=O)(=O)C[C@@H]32)cc1Cl. The number of methoxy groups -OCH3 is 1. The number of hydrogen-bond donors (Lipinski definition) is 1. The molecule has 108 valence electrons. The van der Waals surface area contributed by atoms with Gasteiger partial charge < -0.3 is 9.64 Å². The van der Waals surface area contributed by atoms with Crippen LogP contribution in [0, 0.1) is 5.41 Å². The fraction of sp³-hybridized carbons (Fsp3) is 0.417. The summed E-state index contributed by atoms with van der Waals surface area (Å²) in [5.41, 5.74) is 0.734. The summed E-state index contributed by atoms with van der Waals surface area (Å²) in [4.78, 5) is 1.76. The Balaban J connectivity index is 1.97. The van der Waals surface area contributed by atoms with Crippen LogP contribution in [0.1, 0.15) is 0 Å². The molecule has 2 aliphatic heterocycles. The summed E-state index contributed by atoms with van der Waals surface area (Å²) in [6.07, 6.45) is 0. The molecular weight excluding hydrogens is 320 g/mol. The lowest BCUT2D eigenvalue weighted by molar-refractivity contribution is 0.415. The topological polar surface area (TPSA) is 70.5 Å². The number of halogens is 1. The van der Waals surface area contributed by atoms with E-state index < -0.39 is 9.84 Å². The zero-order valence-electron chi connectivity index (χ0n) is 10.7. The summed E-state index contributed by atoms with van der Waals surface area (Å²) in [6.45, 7) is 0. The van der Waals surface area contributed by atoms with Gasteiger partial charge in [0.15, 0.2) is 15.0 Å². The maximum atomic E-state index is 11.7. The molecule has 2 fully saturated rings. The van der Waals surface area contributed by atoms with Crippen LogP contribution in [-0.2, 0) is 9.84 Å². The third-order valence-corrected chi connectivity index (χ3v) is 6.93. The van der Waals surface area contributed by atoms with Crippen molar-refractivity contribution in [1.82, 2.24) is 0 Å². The predicted octanol–water partition coefficient (Wildman–Crippen LogP) is 2.00. The van der Waals surface area contributed by atoms with Crippen LogP contribution >= 0.6 is 23.4 Å². The summed E-state index contributed by atoms with van der Waals surface area (Å²) < 4.78 is 28.6. The molecule has 20 heavy (non-hydrogen) atoms. The molecule has 2 aliphatic rings. The molecule has 1 aromatic carbocycles. The van der Waals surface area contributed by atoms with Crippen molar-refractivity contribution in [2.75, 3.05) is 23.5 Å². The van der Waals surface area contributed by atoms with E-state index in [9.17, 15) is 8.42 Å². The van der Waals surface area contributed by atoms with Crippen molar-refractivity contribution in [3.63, 3.8) is 0 Å². The Hall–Kier alpha value is -0.920. The second kappa shape index (κ2) is 4.82. The molecule has 0 spiro atoms. The van der Waals surface area contributed by atoms with Gasteiger partial charge in [-0.05, 0) is 18.2 Å². The standard InChI is InChI=1S/C12H13ClN2O3S2/c1-18-10-3-2-7(4-8(10)13)15-9-5-20(16,17)6-11(9)19-12(15)14/h2-4,9,11,14H,5-6H2,1H3/t9-,11-/m0/s1. The van der Waals surface area contributed by atoms with Gasteiger partial charge in [-0.15, -0.1) is 0 Å². The van der Waals surface area contributed by atoms with Crippen molar-refractivity contribution in [3.05, 3.63) is 23.2 Å². The van der Waals surface area contributed by atoms with E-state index in [0.29, 0.717) is 15.9 Å². The third-order valence-electron chi connectivity index (χ3n) is 3.50. The first-order valence-electron chi connectivity index (χ1n) is 6.00. The molecule has 2 atom stereocenters. The molecule has 1 N–H and O–H groups in total. The maximum Gasteiger partial charge on any atom is 0.161 e. The number of benzene rings is 1.